The zero-order chi connectivity index (χ0) is 14.4. The first-order valence-corrected chi connectivity index (χ1v) is 8.69. The van der Waals surface area contributed by atoms with E-state index in [-0.39, 0.29) is 0 Å². The van der Waals surface area contributed by atoms with E-state index in [0.717, 1.165) is 23.9 Å². The average Bonchev–Trinajstić information content (AvgIpc) is 3.40. The molecule has 2 aromatic rings. The lowest BCUT2D eigenvalue weighted by Gasteiger charge is -2.13. The molecule has 0 spiro atoms. The number of halogens is 1. The minimum atomic E-state index is 0.595. The molecule has 2 heterocycles. The maximum Gasteiger partial charge on any atom is 0.180 e. The second-order valence-corrected chi connectivity index (χ2v) is 6.90. The molecular formula is C15H18IN5. The van der Waals surface area contributed by atoms with Gasteiger partial charge in [0.1, 0.15) is 11.5 Å². The smallest absolute Gasteiger partial charge is 0.180 e. The van der Waals surface area contributed by atoms with E-state index in [0.29, 0.717) is 12.0 Å². The molecule has 2 fully saturated rings. The van der Waals surface area contributed by atoms with Crippen LogP contribution >= 0.6 is 22.6 Å². The molecular weight excluding hydrogens is 377 g/mol. The van der Waals surface area contributed by atoms with Crippen LogP contribution in [0.2, 0.25) is 0 Å². The summed E-state index contributed by atoms with van der Waals surface area (Å²) in [5.74, 6) is 2.40. The van der Waals surface area contributed by atoms with Gasteiger partial charge in [-0.2, -0.15) is 0 Å². The van der Waals surface area contributed by atoms with Gasteiger partial charge in [0.2, 0.25) is 0 Å². The van der Waals surface area contributed by atoms with E-state index < -0.39 is 0 Å². The maximum atomic E-state index is 4.87. The molecule has 0 aliphatic heterocycles. The number of aromatic nitrogens is 4. The molecule has 4 rings (SSSR count). The summed E-state index contributed by atoms with van der Waals surface area (Å²) in [5.41, 5.74) is 2.26. The van der Waals surface area contributed by atoms with Gasteiger partial charge in [-0.25, -0.2) is 15.0 Å². The molecule has 0 radical (unpaired) electrons. The van der Waals surface area contributed by atoms with E-state index in [9.17, 15) is 0 Å². The monoisotopic (exact) mass is 395 g/mol. The third kappa shape index (κ3) is 2.54. The first-order chi connectivity index (χ1) is 10.3. The number of anilines is 1. The fourth-order valence-corrected chi connectivity index (χ4v) is 3.48. The van der Waals surface area contributed by atoms with E-state index in [1.807, 2.05) is 12.5 Å². The summed E-state index contributed by atoms with van der Waals surface area (Å²) in [7, 11) is 0. The van der Waals surface area contributed by atoms with Crippen molar-refractivity contribution in [2.45, 2.75) is 44.6 Å². The van der Waals surface area contributed by atoms with Crippen LogP contribution in [0.1, 0.15) is 50.3 Å². The highest BCUT2D eigenvalue weighted by Crippen LogP contribution is 2.43. The Labute approximate surface area is 137 Å². The molecule has 0 amide bonds. The lowest BCUT2D eigenvalue weighted by Crippen LogP contribution is -2.09. The molecule has 5 nitrogen and oxygen atoms in total. The Bertz CT molecular complexity index is 673. The molecule has 2 aliphatic carbocycles. The zero-order valence-electron chi connectivity index (χ0n) is 12.0. The average molecular weight is 395 g/mol. The molecule has 0 saturated heterocycles. The molecule has 6 heteroatoms. The highest BCUT2D eigenvalue weighted by Gasteiger charge is 2.31. The van der Waals surface area contributed by atoms with Gasteiger partial charge in [0, 0.05) is 18.5 Å². The van der Waals surface area contributed by atoms with E-state index in [1.54, 1.807) is 0 Å². The quantitative estimate of drug-likeness (QED) is 0.787. The van der Waals surface area contributed by atoms with Crippen LogP contribution in [0.3, 0.4) is 0 Å². The van der Waals surface area contributed by atoms with Gasteiger partial charge in [-0.15, -0.1) is 0 Å². The fourth-order valence-electron chi connectivity index (χ4n) is 2.61. The minimum Gasteiger partial charge on any atom is -0.369 e. The van der Waals surface area contributed by atoms with Gasteiger partial charge >= 0.3 is 0 Å². The van der Waals surface area contributed by atoms with Crippen LogP contribution in [0, 0.1) is 3.57 Å². The van der Waals surface area contributed by atoms with E-state index in [2.05, 4.69) is 44.4 Å². The first-order valence-electron chi connectivity index (χ1n) is 7.61. The van der Waals surface area contributed by atoms with Crippen LogP contribution in [0.5, 0.6) is 0 Å². The first kappa shape index (κ1) is 13.5. The number of nitrogens with one attached hydrogen (secondary N) is 1. The highest BCUT2D eigenvalue weighted by molar-refractivity contribution is 14.1. The topological polar surface area (TPSA) is 55.6 Å². The second kappa shape index (κ2) is 5.23. The van der Waals surface area contributed by atoms with Gasteiger partial charge in [-0.3, -0.25) is 0 Å². The number of nitrogens with zero attached hydrogens (tertiary/aromatic N) is 4. The predicted molar refractivity (Wildman–Crippen MR) is 90.4 cm³/mol. The molecule has 0 bridgehead atoms. The molecule has 2 aromatic heterocycles. The van der Waals surface area contributed by atoms with E-state index in [4.69, 9.17) is 9.97 Å². The minimum absolute atomic E-state index is 0.595. The summed E-state index contributed by atoms with van der Waals surface area (Å²) in [6.07, 6.45) is 8.79. The van der Waals surface area contributed by atoms with Crippen molar-refractivity contribution in [1.82, 2.24) is 19.5 Å². The Morgan fingerprint density at radius 2 is 2.10 bits per heavy atom. The van der Waals surface area contributed by atoms with Crippen LogP contribution in [0.25, 0.3) is 11.5 Å². The van der Waals surface area contributed by atoms with Crippen molar-refractivity contribution in [3.05, 3.63) is 21.8 Å². The molecule has 0 aromatic carbocycles. The molecule has 2 saturated carbocycles. The van der Waals surface area contributed by atoms with Crippen LogP contribution in [-0.4, -0.2) is 26.1 Å². The summed E-state index contributed by atoms with van der Waals surface area (Å²) >= 11 is 2.38. The van der Waals surface area contributed by atoms with Gasteiger partial charge in [-0.05, 0) is 55.2 Å². The van der Waals surface area contributed by atoms with Crippen molar-refractivity contribution in [2.24, 2.45) is 0 Å². The van der Waals surface area contributed by atoms with E-state index >= 15 is 0 Å². The molecule has 21 heavy (non-hydrogen) atoms. The number of rotatable bonds is 5. The van der Waals surface area contributed by atoms with Crippen molar-refractivity contribution in [2.75, 3.05) is 11.9 Å². The van der Waals surface area contributed by atoms with Crippen LogP contribution in [-0.2, 0) is 0 Å². The van der Waals surface area contributed by atoms with Crippen molar-refractivity contribution in [1.29, 1.82) is 0 Å². The number of hydrogen-bond donors (Lipinski definition) is 1. The van der Waals surface area contributed by atoms with Gasteiger partial charge < -0.3 is 9.88 Å². The summed E-state index contributed by atoms with van der Waals surface area (Å²) < 4.78 is 3.41. The highest BCUT2D eigenvalue weighted by atomic mass is 127. The molecule has 0 atom stereocenters. The molecule has 0 unspecified atom stereocenters. The lowest BCUT2D eigenvalue weighted by atomic mass is 10.2. The third-order valence-electron chi connectivity index (χ3n) is 4.02. The molecule has 1 N–H and O–H groups in total. The second-order valence-electron chi connectivity index (χ2n) is 5.82. The number of hydrogen-bond acceptors (Lipinski definition) is 4. The SMILES string of the molecule is CCNc1nc(-c2cncn2C2CC2)nc(C2CC2)c1I. The zero-order valence-corrected chi connectivity index (χ0v) is 14.2. The third-order valence-corrected chi connectivity index (χ3v) is 5.08. The molecule has 2 aliphatic rings. The van der Waals surface area contributed by atoms with Gasteiger partial charge in [0.25, 0.3) is 0 Å². The Balaban J connectivity index is 1.81. The van der Waals surface area contributed by atoms with Gasteiger partial charge in [0.15, 0.2) is 5.82 Å². The summed E-state index contributed by atoms with van der Waals surface area (Å²) in [4.78, 5) is 13.9. The van der Waals surface area contributed by atoms with Crippen molar-refractivity contribution in [3.8, 4) is 11.5 Å². The summed E-state index contributed by atoms with van der Waals surface area (Å²) in [6, 6.07) is 0.595. The Hall–Kier alpha value is -1.18. The van der Waals surface area contributed by atoms with Crippen molar-refractivity contribution >= 4 is 28.4 Å². The summed E-state index contributed by atoms with van der Waals surface area (Å²) in [5, 5.41) is 3.38. The summed E-state index contributed by atoms with van der Waals surface area (Å²) in [6.45, 7) is 2.97. The van der Waals surface area contributed by atoms with Crippen LogP contribution in [0.15, 0.2) is 12.5 Å². The predicted octanol–water partition coefficient (Wildman–Crippen LogP) is 3.59. The van der Waals surface area contributed by atoms with Gasteiger partial charge in [-0.1, -0.05) is 0 Å². The van der Waals surface area contributed by atoms with Crippen LogP contribution < -0.4 is 5.32 Å². The molecule has 110 valence electrons. The largest absolute Gasteiger partial charge is 0.369 e. The van der Waals surface area contributed by atoms with E-state index in [1.165, 1.54) is 34.9 Å². The Kier molecular flexibility index (Phi) is 3.35. The van der Waals surface area contributed by atoms with Crippen LogP contribution in [0.4, 0.5) is 5.82 Å². The normalized spacial score (nSPS) is 18.0. The Morgan fingerprint density at radius 1 is 1.29 bits per heavy atom. The van der Waals surface area contributed by atoms with Crippen molar-refractivity contribution in [3.63, 3.8) is 0 Å². The standard InChI is InChI=1S/C15H18IN5/c1-2-18-15-12(16)13(9-3-4-9)19-14(20-15)11-7-17-8-21(11)10-5-6-10/h7-10H,2-6H2,1H3,(H,18,19,20). The van der Waals surface area contributed by atoms with Crippen molar-refractivity contribution < 1.29 is 0 Å². The lowest BCUT2D eigenvalue weighted by molar-refractivity contribution is 0.742. The Morgan fingerprint density at radius 3 is 2.76 bits per heavy atom. The van der Waals surface area contributed by atoms with Gasteiger partial charge in [0.05, 0.1) is 21.8 Å². The maximum absolute atomic E-state index is 4.87. The fraction of sp³-hybridized carbons (Fsp3) is 0.533. The number of imidazole rings is 1.